The summed E-state index contributed by atoms with van der Waals surface area (Å²) in [6.45, 7) is 8.30. The number of anilines is 1. The first-order valence-electron chi connectivity index (χ1n) is 5.44. The molecule has 5 heteroatoms. The van der Waals surface area contributed by atoms with Crippen molar-refractivity contribution in [3.05, 3.63) is 5.69 Å². The summed E-state index contributed by atoms with van der Waals surface area (Å²) in [5.74, 6) is 0. The Bertz CT molecular complexity index is 287. The van der Waals surface area contributed by atoms with Gasteiger partial charge in [0.25, 0.3) is 0 Å². The third-order valence-electron chi connectivity index (χ3n) is 2.64. The van der Waals surface area contributed by atoms with Crippen molar-refractivity contribution >= 4 is 16.5 Å². The Balaban J connectivity index is 2.59. The van der Waals surface area contributed by atoms with Gasteiger partial charge in [-0.3, -0.25) is 4.90 Å². The van der Waals surface area contributed by atoms with Crippen LogP contribution >= 0.6 is 11.5 Å². The van der Waals surface area contributed by atoms with E-state index in [0.29, 0.717) is 6.04 Å². The summed E-state index contributed by atoms with van der Waals surface area (Å²) >= 11 is 1.44. The summed E-state index contributed by atoms with van der Waals surface area (Å²) in [5.41, 5.74) is 1.06. The number of aromatic nitrogens is 2. The number of rotatable bonds is 6. The van der Waals surface area contributed by atoms with Gasteiger partial charge in [0, 0.05) is 30.7 Å². The molecule has 0 aliphatic heterocycles. The van der Waals surface area contributed by atoms with E-state index < -0.39 is 0 Å². The van der Waals surface area contributed by atoms with Gasteiger partial charge in [0.05, 0.1) is 0 Å². The fourth-order valence-corrected chi connectivity index (χ4v) is 1.95. The summed E-state index contributed by atoms with van der Waals surface area (Å²) in [5, 5.41) is 8.55. The van der Waals surface area contributed by atoms with Crippen LogP contribution in [0.15, 0.2) is 0 Å². The van der Waals surface area contributed by atoms with Gasteiger partial charge < -0.3 is 5.32 Å². The van der Waals surface area contributed by atoms with Crippen molar-refractivity contribution in [1.29, 1.82) is 0 Å². The van der Waals surface area contributed by atoms with Gasteiger partial charge in [-0.2, -0.15) is 0 Å². The van der Waals surface area contributed by atoms with Gasteiger partial charge in [0.15, 0.2) is 0 Å². The van der Waals surface area contributed by atoms with E-state index in [4.69, 9.17) is 0 Å². The molecule has 4 nitrogen and oxygen atoms in total. The molecule has 0 spiro atoms. The first-order valence-corrected chi connectivity index (χ1v) is 6.21. The zero-order valence-corrected chi connectivity index (χ0v) is 10.8. The standard InChI is InChI=1S/C10H20N4S/c1-5-8(3)14(4)7-9-10(11-6-2)15-13-12-9/h8,11H,5-7H2,1-4H3. The minimum absolute atomic E-state index is 0.584. The van der Waals surface area contributed by atoms with Crippen molar-refractivity contribution in [3.63, 3.8) is 0 Å². The zero-order valence-electron chi connectivity index (χ0n) is 9.95. The SMILES string of the molecule is CCNc1snnc1CN(C)C(C)CC. The molecule has 1 atom stereocenters. The smallest absolute Gasteiger partial charge is 0.134 e. The van der Waals surface area contributed by atoms with Crippen LogP contribution in [0.1, 0.15) is 32.9 Å². The lowest BCUT2D eigenvalue weighted by Gasteiger charge is -2.22. The Morgan fingerprint density at radius 2 is 2.20 bits per heavy atom. The maximum atomic E-state index is 4.16. The molecule has 0 aromatic carbocycles. The first-order chi connectivity index (χ1) is 7.19. The number of nitrogens with zero attached hydrogens (tertiary/aromatic N) is 3. The van der Waals surface area contributed by atoms with Crippen LogP contribution < -0.4 is 5.32 Å². The minimum atomic E-state index is 0.584. The second-order valence-corrected chi connectivity index (χ2v) is 4.51. The predicted molar refractivity (Wildman–Crippen MR) is 65.3 cm³/mol. The van der Waals surface area contributed by atoms with Crippen LogP contribution in [0.5, 0.6) is 0 Å². The molecule has 1 rings (SSSR count). The molecule has 0 amide bonds. The van der Waals surface area contributed by atoms with E-state index in [2.05, 4.69) is 47.6 Å². The Morgan fingerprint density at radius 1 is 1.47 bits per heavy atom. The van der Waals surface area contributed by atoms with Gasteiger partial charge in [0.2, 0.25) is 0 Å². The predicted octanol–water partition coefficient (Wildman–Crippen LogP) is 2.20. The monoisotopic (exact) mass is 228 g/mol. The molecule has 0 aliphatic rings. The van der Waals surface area contributed by atoms with Crippen LogP contribution in [0.25, 0.3) is 0 Å². The maximum absolute atomic E-state index is 4.16. The van der Waals surface area contributed by atoms with Crippen molar-refractivity contribution in [1.82, 2.24) is 14.5 Å². The van der Waals surface area contributed by atoms with Crippen molar-refractivity contribution in [3.8, 4) is 0 Å². The van der Waals surface area contributed by atoms with Crippen LogP contribution in [0.3, 0.4) is 0 Å². The van der Waals surface area contributed by atoms with E-state index in [-0.39, 0.29) is 0 Å². The largest absolute Gasteiger partial charge is 0.374 e. The molecular formula is C10H20N4S. The van der Waals surface area contributed by atoms with Crippen LogP contribution in [0.4, 0.5) is 5.00 Å². The second kappa shape index (κ2) is 6.02. The molecule has 0 aliphatic carbocycles. The third-order valence-corrected chi connectivity index (χ3v) is 3.36. The van der Waals surface area contributed by atoms with E-state index >= 15 is 0 Å². The van der Waals surface area contributed by atoms with Crippen molar-refractivity contribution < 1.29 is 0 Å². The lowest BCUT2D eigenvalue weighted by Crippen LogP contribution is -2.28. The van der Waals surface area contributed by atoms with Crippen molar-refractivity contribution in [2.24, 2.45) is 0 Å². The third kappa shape index (κ3) is 3.43. The van der Waals surface area contributed by atoms with Crippen molar-refractivity contribution in [2.45, 2.75) is 39.8 Å². The zero-order chi connectivity index (χ0) is 11.3. The van der Waals surface area contributed by atoms with Crippen LogP contribution in [0.2, 0.25) is 0 Å². The molecule has 0 saturated heterocycles. The van der Waals surface area contributed by atoms with Gasteiger partial charge in [0.1, 0.15) is 10.7 Å². The molecule has 1 heterocycles. The van der Waals surface area contributed by atoms with E-state index in [0.717, 1.165) is 30.2 Å². The summed E-state index contributed by atoms with van der Waals surface area (Å²) < 4.78 is 3.98. The number of hydrogen-bond acceptors (Lipinski definition) is 5. The van der Waals surface area contributed by atoms with Gasteiger partial charge in [-0.25, -0.2) is 0 Å². The Kier molecular flexibility index (Phi) is 4.98. The molecule has 0 saturated carbocycles. The summed E-state index contributed by atoms with van der Waals surface area (Å²) in [6.07, 6.45) is 1.16. The normalized spacial score (nSPS) is 13.1. The second-order valence-electron chi connectivity index (χ2n) is 3.75. The summed E-state index contributed by atoms with van der Waals surface area (Å²) in [7, 11) is 2.13. The van der Waals surface area contributed by atoms with Gasteiger partial charge in [-0.15, -0.1) is 5.10 Å². The van der Waals surface area contributed by atoms with Gasteiger partial charge in [-0.05, 0) is 27.3 Å². The molecule has 86 valence electrons. The number of hydrogen-bond donors (Lipinski definition) is 1. The molecular weight excluding hydrogens is 208 g/mol. The van der Waals surface area contributed by atoms with Gasteiger partial charge in [-0.1, -0.05) is 11.4 Å². The highest BCUT2D eigenvalue weighted by Gasteiger charge is 2.12. The molecule has 1 unspecified atom stereocenters. The average molecular weight is 228 g/mol. The Morgan fingerprint density at radius 3 is 2.80 bits per heavy atom. The lowest BCUT2D eigenvalue weighted by atomic mass is 10.2. The molecule has 0 fully saturated rings. The van der Waals surface area contributed by atoms with E-state index in [1.807, 2.05) is 0 Å². The molecule has 0 bridgehead atoms. The van der Waals surface area contributed by atoms with E-state index in [9.17, 15) is 0 Å². The molecule has 0 radical (unpaired) electrons. The fourth-order valence-electron chi connectivity index (χ4n) is 1.31. The van der Waals surface area contributed by atoms with Crippen LogP contribution in [0, 0.1) is 0 Å². The number of nitrogens with one attached hydrogen (secondary N) is 1. The average Bonchev–Trinajstić information content (AvgIpc) is 2.65. The maximum Gasteiger partial charge on any atom is 0.134 e. The quantitative estimate of drug-likeness (QED) is 0.810. The van der Waals surface area contributed by atoms with Crippen molar-refractivity contribution in [2.75, 3.05) is 18.9 Å². The topological polar surface area (TPSA) is 41.1 Å². The van der Waals surface area contributed by atoms with Gasteiger partial charge >= 0.3 is 0 Å². The Labute approximate surface area is 95.8 Å². The molecule has 1 aromatic rings. The highest BCUT2D eigenvalue weighted by atomic mass is 32.1. The van der Waals surface area contributed by atoms with E-state index in [1.165, 1.54) is 11.5 Å². The summed E-state index contributed by atoms with van der Waals surface area (Å²) in [6, 6.07) is 0.584. The lowest BCUT2D eigenvalue weighted by molar-refractivity contribution is 0.241. The highest BCUT2D eigenvalue weighted by Crippen LogP contribution is 2.19. The van der Waals surface area contributed by atoms with E-state index in [1.54, 1.807) is 0 Å². The Hall–Kier alpha value is -0.680. The minimum Gasteiger partial charge on any atom is -0.374 e. The van der Waals surface area contributed by atoms with Crippen LogP contribution in [-0.4, -0.2) is 34.1 Å². The molecule has 1 N–H and O–H groups in total. The molecule has 1 aromatic heterocycles. The van der Waals surface area contributed by atoms with Crippen LogP contribution in [-0.2, 0) is 6.54 Å². The fraction of sp³-hybridized carbons (Fsp3) is 0.800. The molecule has 15 heavy (non-hydrogen) atoms. The summed E-state index contributed by atoms with van der Waals surface area (Å²) in [4.78, 5) is 2.30. The first kappa shape index (κ1) is 12.4. The highest BCUT2D eigenvalue weighted by molar-refractivity contribution is 7.10.